The second-order valence-electron chi connectivity index (χ2n) is 3.18. The zero-order valence-corrected chi connectivity index (χ0v) is 10.4. The molecular formula is C11H20O6. The highest BCUT2D eigenvalue weighted by Crippen LogP contribution is 1.90. The second-order valence-corrected chi connectivity index (χ2v) is 3.18. The molecule has 0 aliphatic carbocycles. The lowest BCUT2D eigenvalue weighted by Crippen LogP contribution is -2.17. The lowest BCUT2D eigenvalue weighted by atomic mass is 10.3. The Kier molecular flexibility index (Phi) is 10.8. The van der Waals surface area contributed by atoms with Crippen molar-refractivity contribution in [2.45, 2.75) is 13.3 Å². The van der Waals surface area contributed by atoms with E-state index in [0.717, 1.165) is 0 Å². The minimum atomic E-state index is -0.516. The Bertz CT molecular complexity index is 216. The van der Waals surface area contributed by atoms with Crippen molar-refractivity contribution in [2.75, 3.05) is 46.8 Å². The molecule has 6 heteroatoms. The van der Waals surface area contributed by atoms with Crippen molar-refractivity contribution in [1.29, 1.82) is 0 Å². The molecule has 0 atom stereocenters. The van der Waals surface area contributed by atoms with Crippen LogP contribution in [0, 0.1) is 0 Å². The third-order valence-electron chi connectivity index (χ3n) is 1.71. The molecule has 0 saturated carbocycles. The Balaban J connectivity index is 3.30. The van der Waals surface area contributed by atoms with Gasteiger partial charge in [0.1, 0.15) is 13.0 Å². The number of rotatable bonds is 11. The molecule has 0 aromatic carbocycles. The van der Waals surface area contributed by atoms with E-state index in [1.54, 1.807) is 14.0 Å². The molecule has 0 aliphatic rings. The lowest BCUT2D eigenvalue weighted by Gasteiger charge is -2.05. The number of ether oxygens (including phenoxy) is 4. The molecule has 0 amide bonds. The van der Waals surface area contributed by atoms with E-state index in [-0.39, 0.29) is 25.4 Å². The number of carbonyl (C=O) groups excluding carboxylic acids is 2. The highest BCUT2D eigenvalue weighted by molar-refractivity contribution is 5.96. The summed E-state index contributed by atoms with van der Waals surface area (Å²) in [6.45, 7) is 3.62. The van der Waals surface area contributed by atoms with Crippen molar-refractivity contribution >= 4 is 11.8 Å². The van der Waals surface area contributed by atoms with Crippen molar-refractivity contribution in [2.24, 2.45) is 0 Å². The zero-order valence-electron chi connectivity index (χ0n) is 10.4. The average molecular weight is 248 g/mol. The van der Waals surface area contributed by atoms with Crippen LogP contribution in [0.3, 0.4) is 0 Å². The Morgan fingerprint density at radius 3 is 2.29 bits per heavy atom. The molecule has 0 aliphatic heterocycles. The molecule has 0 heterocycles. The molecule has 0 aromatic heterocycles. The predicted octanol–water partition coefficient (Wildman–Crippen LogP) is 0.188. The first-order valence-electron chi connectivity index (χ1n) is 5.52. The summed E-state index contributed by atoms with van der Waals surface area (Å²) in [4.78, 5) is 22.1. The minimum Gasteiger partial charge on any atom is -0.466 e. The standard InChI is InChI=1S/C11H20O6/c1-3-17-11(13)8-10(12)9-16-7-6-15-5-4-14-2/h3-9H2,1-2H3. The first kappa shape index (κ1) is 16.0. The highest BCUT2D eigenvalue weighted by Gasteiger charge is 2.09. The van der Waals surface area contributed by atoms with E-state index in [1.807, 2.05) is 0 Å². The van der Waals surface area contributed by atoms with Crippen LogP contribution in [0.4, 0.5) is 0 Å². The molecular weight excluding hydrogens is 228 g/mol. The summed E-state index contributed by atoms with van der Waals surface area (Å²) in [5, 5.41) is 0. The van der Waals surface area contributed by atoms with E-state index in [2.05, 4.69) is 4.74 Å². The van der Waals surface area contributed by atoms with Crippen molar-refractivity contribution in [3.63, 3.8) is 0 Å². The number of Topliss-reactive ketones (excluding diaryl/α,β-unsaturated/α-hetero) is 1. The van der Waals surface area contributed by atoms with E-state index < -0.39 is 5.97 Å². The van der Waals surface area contributed by atoms with Gasteiger partial charge in [-0.05, 0) is 6.92 Å². The average Bonchev–Trinajstić information content (AvgIpc) is 2.28. The summed E-state index contributed by atoms with van der Waals surface area (Å²) in [5.74, 6) is -0.808. The molecule has 0 bridgehead atoms. The van der Waals surface area contributed by atoms with Crippen LogP contribution in [-0.4, -0.2) is 58.5 Å². The van der Waals surface area contributed by atoms with Gasteiger partial charge in [0.25, 0.3) is 0 Å². The maximum atomic E-state index is 11.2. The number of hydrogen-bond acceptors (Lipinski definition) is 6. The first-order chi connectivity index (χ1) is 8.20. The monoisotopic (exact) mass is 248 g/mol. The highest BCUT2D eigenvalue weighted by atomic mass is 16.5. The van der Waals surface area contributed by atoms with Crippen LogP contribution in [0.5, 0.6) is 0 Å². The van der Waals surface area contributed by atoms with Crippen molar-refractivity contribution in [3.05, 3.63) is 0 Å². The molecule has 0 unspecified atom stereocenters. The van der Waals surface area contributed by atoms with Crippen molar-refractivity contribution in [3.8, 4) is 0 Å². The zero-order chi connectivity index (χ0) is 12.9. The number of carbonyl (C=O) groups is 2. The molecule has 6 nitrogen and oxygen atoms in total. The second kappa shape index (κ2) is 11.5. The fraction of sp³-hybridized carbons (Fsp3) is 0.818. The lowest BCUT2D eigenvalue weighted by molar-refractivity contribution is -0.146. The quantitative estimate of drug-likeness (QED) is 0.295. The summed E-state index contributed by atoms with van der Waals surface area (Å²) in [6.07, 6.45) is -0.238. The van der Waals surface area contributed by atoms with Gasteiger partial charge >= 0.3 is 5.97 Å². The number of hydrogen-bond donors (Lipinski definition) is 0. The largest absolute Gasteiger partial charge is 0.466 e. The van der Waals surface area contributed by atoms with Crippen LogP contribution in [0.15, 0.2) is 0 Å². The number of ketones is 1. The van der Waals surface area contributed by atoms with Gasteiger partial charge in [-0.3, -0.25) is 9.59 Å². The third kappa shape index (κ3) is 11.3. The fourth-order valence-corrected chi connectivity index (χ4v) is 0.972. The molecule has 0 spiro atoms. The molecule has 0 radical (unpaired) electrons. The van der Waals surface area contributed by atoms with Gasteiger partial charge in [0.05, 0.1) is 33.0 Å². The van der Waals surface area contributed by atoms with E-state index in [9.17, 15) is 9.59 Å². The Morgan fingerprint density at radius 1 is 1.00 bits per heavy atom. The molecule has 100 valence electrons. The van der Waals surface area contributed by atoms with E-state index in [0.29, 0.717) is 26.4 Å². The Labute approximate surface area is 101 Å². The molecule has 0 fully saturated rings. The third-order valence-corrected chi connectivity index (χ3v) is 1.71. The fourth-order valence-electron chi connectivity index (χ4n) is 0.972. The number of esters is 1. The first-order valence-corrected chi connectivity index (χ1v) is 5.52. The van der Waals surface area contributed by atoms with Crippen LogP contribution in [-0.2, 0) is 28.5 Å². The van der Waals surface area contributed by atoms with Gasteiger partial charge in [-0.1, -0.05) is 0 Å². The van der Waals surface area contributed by atoms with Gasteiger partial charge in [0, 0.05) is 7.11 Å². The van der Waals surface area contributed by atoms with Crippen LogP contribution in [0.1, 0.15) is 13.3 Å². The van der Waals surface area contributed by atoms with E-state index in [1.165, 1.54) is 0 Å². The molecule has 0 N–H and O–H groups in total. The Morgan fingerprint density at radius 2 is 1.65 bits per heavy atom. The molecule has 0 aromatic rings. The summed E-state index contributed by atoms with van der Waals surface area (Å²) >= 11 is 0. The predicted molar refractivity (Wildman–Crippen MR) is 59.8 cm³/mol. The maximum Gasteiger partial charge on any atom is 0.313 e. The Hall–Kier alpha value is -0.980. The summed E-state index contributed by atoms with van der Waals surface area (Å²) < 4.78 is 19.6. The van der Waals surface area contributed by atoms with Crippen LogP contribution in [0.2, 0.25) is 0 Å². The van der Waals surface area contributed by atoms with Gasteiger partial charge in [-0.15, -0.1) is 0 Å². The van der Waals surface area contributed by atoms with Gasteiger partial charge in [-0.2, -0.15) is 0 Å². The summed E-state index contributed by atoms with van der Waals surface area (Å²) in [5.41, 5.74) is 0. The number of methoxy groups -OCH3 is 1. The van der Waals surface area contributed by atoms with Crippen molar-refractivity contribution < 1.29 is 28.5 Å². The van der Waals surface area contributed by atoms with Gasteiger partial charge in [0.2, 0.25) is 0 Å². The topological polar surface area (TPSA) is 71.1 Å². The van der Waals surface area contributed by atoms with Gasteiger partial charge in [0.15, 0.2) is 5.78 Å². The smallest absolute Gasteiger partial charge is 0.313 e. The molecule has 17 heavy (non-hydrogen) atoms. The minimum absolute atomic E-state index is 0.0908. The summed E-state index contributed by atoms with van der Waals surface area (Å²) in [6, 6.07) is 0. The van der Waals surface area contributed by atoms with Crippen LogP contribution >= 0.6 is 0 Å². The normalized spacial score (nSPS) is 10.2. The van der Waals surface area contributed by atoms with Crippen LogP contribution in [0.25, 0.3) is 0 Å². The molecule has 0 saturated heterocycles. The van der Waals surface area contributed by atoms with Gasteiger partial charge < -0.3 is 18.9 Å². The maximum absolute atomic E-state index is 11.2. The SMILES string of the molecule is CCOC(=O)CC(=O)COCCOCCOC. The van der Waals surface area contributed by atoms with Crippen molar-refractivity contribution in [1.82, 2.24) is 0 Å². The van der Waals surface area contributed by atoms with E-state index >= 15 is 0 Å². The van der Waals surface area contributed by atoms with E-state index in [4.69, 9.17) is 14.2 Å². The van der Waals surface area contributed by atoms with Gasteiger partial charge in [-0.25, -0.2) is 0 Å². The molecule has 0 rings (SSSR count). The summed E-state index contributed by atoms with van der Waals surface area (Å²) in [7, 11) is 1.59. The van der Waals surface area contributed by atoms with Crippen LogP contribution < -0.4 is 0 Å².